The lowest BCUT2D eigenvalue weighted by Gasteiger charge is -2.20. The minimum absolute atomic E-state index is 0.0877. The molecule has 31 heavy (non-hydrogen) atoms. The number of rotatable bonds is 4. The summed E-state index contributed by atoms with van der Waals surface area (Å²) in [5.41, 5.74) is -0.224. The summed E-state index contributed by atoms with van der Waals surface area (Å²) < 4.78 is 51.7. The highest BCUT2D eigenvalue weighted by atomic mass is 19.4. The molecule has 0 saturated carbocycles. The number of carbonyl (C=O) groups is 2. The van der Waals surface area contributed by atoms with Crippen LogP contribution in [0.1, 0.15) is 23.4 Å². The highest BCUT2D eigenvalue weighted by Gasteiger charge is 2.39. The molecular formula is C19H15F4N5O3. The molecule has 0 aromatic carbocycles. The van der Waals surface area contributed by atoms with Crippen LogP contribution in [-0.4, -0.2) is 50.7 Å². The highest BCUT2D eigenvalue weighted by molar-refractivity contribution is 5.86. The van der Waals surface area contributed by atoms with Gasteiger partial charge in [0.25, 0.3) is 0 Å². The van der Waals surface area contributed by atoms with Crippen LogP contribution < -0.4 is 5.32 Å². The van der Waals surface area contributed by atoms with Crippen LogP contribution in [0.15, 0.2) is 30.6 Å². The number of aromatic nitrogens is 2. The van der Waals surface area contributed by atoms with Crippen molar-refractivity contribution >= 4 is 12.0 Å². The van der Waals surface area contributed by atoms with E-state index in [0.29, 0.717) is 4.90 Å². The van der Waals surface area contributed by atoms with Gasteiger partial charge in [-0.05, 0) is 12.1 Å². The normalized spacial score (nSPS) is 18.5. The Morgan fingerprint density at radius 1 is 1.29 bits per heavy atom. The molecule has 0 bridgehead atoms. The van der Waals surface area contributed by atoms with Crippen LogP contribution >= 0.6 is 0 Å². The number of hydrogen-bond acceptors (Lipinski definition) is 5. The molecule has 1 aliphatic heterocycles. The number of carboxylic acid groups (broad SMARTS) is 1. The van der Waals surface area contributed by atoms with Crippen molar-refractivity contribution < 1.29 is 32.3 Å². The fourth-order valence-electron chi connectivity index (χ4n) is 3.18. The van der Waals surface area contributed by atoms with Crippen molar-refractivity contribution in [2.75, 3.05) is 6.54 Å². The fraction of sp³-hybridized carbons (Fsp3) is 0.316. The Morgan fingerprint density at radius 2 is 2.03 bits per heavy atom. The number of nitrogens with zero attached hydrogens (tertiary/aromatic N) is 4. The van der Waals surface area contributed by atoms with Crippen LogP contribution in [-0.2, 0) is 17.5 Å². The van der Waals surface area contributed by atoms with Gasteiger partial charge in [-0.15, -0.1) is 0 Å². The van der Waals surface area contributed by atoms with Crippen molar-refractivity contribution in [3.05, 3.63) is 47.5 Å². The molecular weight excluding hydrogens is 422 g/mol. The lowest BCUT2D eigenvalue weighted by atomic mass is 10.0. The summed E-state index contributed by atoms with van der Waals surface area (Å²) in [6.45, 7) is -0.555. The van der Waals surface area contributed by atoms with Gasteiger partial charge in [0, 0.05) is 29.9 Å². The minimum atomic E-state index is -4.60. The molecule has 12 heteroatoms. The summed E-state index contributed by atoms with van der Waals surface area (Å²) in [6, 6.07) is 4.07. The van der Waals surface area contributed by atoms with E-state index >= 15 is 0 Å². The number of carbonyl (C=O) groups excluding carboxylic acids is 1. The van der Waals surface area contributed by atoms with E-state index in [4.69, 9.17) is 5.11 Å². The van der Waals surface area contributed by atoms with Gasteiger partial charge in [0.2, 0.25) is 5.91 Å². The predicted octanol–water partition coefficient (Wildman–Crippen LogP) is 2.74. The number of nitrogens with one attached hydrogen (secondary N) is 1. The number of alkyl halides is 4. The van der Waals surface area contributed by atoms with E-state index < -0.39 is 42.6 Å². The maximum atomic E-state index is 13.5. The van der Waals surface area contributed by atoms with Gasteiger partial charge in [0.1, 0.15) is 24.0 Å². The van der Waals surface area contributed by atoms with Crippen LogP contribution in [0.4, 0.5) is 22.4 Å². The van der Waals surface area contributed by atoms with Crippen LogP contribution in [0, 0.1) is 11.3 Å². The van der Waals surface area contributed by atoms with Crippen molar-refractivity contribution in [2.24, 2.45) is 0 Å². The lowest BCUT2D eigenvalue weighted by Crippen LogP contribution is -2.45. The molecule has 2 atom stereocenters. The summed E-state index contributed by atoms with van der Waals surface area (Å²) in [5.74, 6) is -0.702. The molecule has 0 spiro atoms. The van der Waals surface area contributed by atoms with E-state index in [2.05, 4.69) is 15.3 Å². The number of halogens is 4. The Hall–Kier alpha value is -3.75. The largest absolute Gasteiger partial charge is 0.465 e. The van der Waals surface area contributed by atoms with Crippen molar-refractivity contribution in [1.29, 1.82) is 5.26 Å². The van der Waals surface area contributed by atoms with Gasteiger partial charge >= 0.3 is 12.3 Å². The van der Waals surface area contributed by atoms with Crippen LogP contribution in [0.25, 0.3) is 11.1 Å². The molecule has 162 valence electrons. The summed E-state index contributed by atoms with van der Waals surface area (Å²) in [6.07, 6.45) is -5.54. The number of pyridine rings is 2. The molecule has 2 aromatic heterocycles. The van der Waals surface area contributed by atoms with Crippen LogP contribution in [0.3, 0.4) is 0 Å². The van der Waals surface area contributed by atoms with Gasteiger partial charge in [-0.1, -0.05) is 6.07 Å². The third-order valence-corrected chi connectivity index (χ3v) is 4.69. The zero-order valence-electron chi connectivity index (χ0n) is 15.7. The first-order valence-corrected chi connectivity index (χ1v) is 8.94. The minimum Gasteiger partial charge on any atom is -0.465 e. The van der Waals surface area contributed by atoms with Gasteiger partial charge in [-0.2, -0.15) is 18.4 Å². The maximum Gasteiger partial charge on any atom is 0.433 e. The zero-order chi connectivity index (χ0) is 22.8. The average molecular weight is 437 g/mol. The second-order valence-corrected chi connectivity index (χ2v) is 6.76. The Morgan fingerprint density at radius 3 is 2.61 bits per heavy atom. The third-order valence-electron chi connectivity index (χ3n) is 4.69. The van der Waals surface area contributed by atoms with Gasteiger partial charge in [-0.3, -0.25) is 19.7 Å². The summed E-state index contributed by atoms with van der Waals surface area (Å²) in [5, 5.41) is 20.8. The van der Waals surface area contributed by atoms with Crippen LogP contribution in [0.5, 0.6) is 0 Å². The van der Waals surface area contributed by atoms with E-state index in [-0.39, 0.29) is 35.3 Å². The monoisotopic (exact) mass is 437 g/mol. The average Bonchev–Trinajstić information content (AvgIpc) is 3.13. The molecule has 0 aliphatic carbocycles. The van der Waals surface area contributed by atoms with Gasteiger partial charge in [0.05, 0.1) is 24.3 Å². The molecule has 8 nitrogen and oxygen atoms in total. The first-order valence-electron chi connectivity index (χ1n) is 8.94. The molecule has 3 heterocycles. The maximum absolute atomic E-state index is 13.5. The molecule has 1 aliphatic rings. The quantitative estimate of drug-likeness (QED) is 0.710. The SMILES string of the molecule is N#Cc1cnc(CNC(=O)[C@@H]2C[C@@H](F)CN2C(=O)O)cc1-c1ccc(C(F)(F)F)nc1. The molecule has 2 N–H and O–H groups in total. The first-order chi connectivity index (χ1) is 14.6. The predicted molar refractivity (Wildman–Crippen MR) is 97.1 cm³/mol. The first kappa shape index (κ1) is 21.9. The lowest BCUT2D eigenvalue weighted by molar-refractivity contribution is -0.141. The standard InChI is InChI=1S/C19H15F4N5O3/c20-12-3-15(28(9-12)18(30)31)17(29)27-8-13-4-14(11(5-24)7-25-13)10-1-2-16(26-6-10)19(21,22)23/h1-2,4,6-7,12,15H,3,8-9H2,(H,27,29)(H,30,31)/t12-,15+/m1/s1. The van der Waals surface area contributed by atoms with Gasteiger partial charge < -0.3 is 10.4 Å². The summed E-state index contributed by atoms with van der Waals surface area (Å²) in [7, 11) is 0. The van der Waals surface area contributed by atoms with Gasteiger partial charge in [0.15, 0.2) is 0 Å². The van der Waals surface area contributed by atoms with E-state index in [1.807, 2.05) is 6.07 Å². The van der Waals surface area contributed by atoms with Crippen molar-refractivity contribution in [3.63, 3.8) is 0 Å². The summed E-state index contributed by atoms with van der Waals surface area (Å²) in [4.78, 5) is 31.6. The topological polar surface area (TPSA) is 119 Å². The zero-order valence-corrected chi connectivity index (χ0v) is 15.7. The van der Waals surface area contributed by atoms with Crippen molar-refractivity contribution in [2.45, 2.75) is 31.4 Å². The van der Waals surface area contributed by atoms with Crippen LogP contribution in [0.2, 0.25) is 0 Å². The molecule has 2 amide bonds. The second-order valence-electron chi connectivity index (χ2n) is 6.76. The molecule has 2 aromatic rings. The van der Waals surface area contributed by atoms with E-state index in [1.54, 1.807) is 0 Å². The molecule has 0 unspecified atom stereocenters. The molecule has 0 radical (unpaired) electrons. The summed E-state index contributed by atoms with van der Waals surface area (Å²) >= 11 is 0. The highest BCUT2D eigenvalue weighted by Crippen LogP contribution is 2.30. The number of nitriles is 1. The van der Waals surface area contributed by atoms with E-state index in [0.717, 1.165) is 12.3 Å². The Balaban J connectivity index is 1.77. The van der Waals surface area contributed by atoms with Gasteiger partial charge in [-0.25, -0.2) is 9.18 Å². The Kier molecular flexibility index (Phi) is 6.05. The van der Waals surface area contributed by atoms with Crippen molar-refractivity contribution in [3.8, 4) is 17.2 Å². The second kappa shape index (κ2) is 8.55. The Bertz CT molecular complexity index is 1040. The molecule has 1 fully saturated rings. The van der Waals surface area contributed by atoms with E-state index in [9.17, 15) is 32.4 Å². The number of likely N-dealkylation sites (tertiary alicyclic amines) is 1. The Labute approximate surface area is 173 Å². The fourth-order valence-corrected chi connectivity index (χ4v) is 3.18. The number of amides is 2. The molecule has 3 rings (SSSR count). The third kappa shape index (κ3) is 4.88. The van der Waals surface area contributed by atoms with Crippen molar-refractivity contribution in [1.82, 2.24) is 20.2 Å². The number of hydrogen-bond donors (Lipinski definition) is 2. The molecule has 1 saturated heterocycles. The van der Waals surface area contributed by atoms with E-state index in [1.165, 1.54) is 18.3 Å². The smallest absolute Gasteiger partial charge is 0.433 e.